The number of hydrogen-bond acceptors (Lipinski definition) is 6. The van der Waals surface area contributed by atoms with E-state index in [1.165, 1.54) is 5.56 Å². The van der Waals surface area contributed by atoms with Gasteiger partial charge in [0.2, 0.25) is 5.16 Å². The minimum atomic E-state index is 0. The lowest BCUT2D eigenvalue weighted by Crippen LogP contribution is -2.17. The maximum absolute atomic E-state index is 6.10. The van der Waals surface area contributed by atoms with E-state index in [1.54, 1.807) is 16.4 Å². The number of thioether (sulfide) groups is 1. The second-order valence-corrected chi connectivity index (χ2v) is 9.24. The maximum Gasteiger partial charge on any atom is 0.214 e. The molecule has 0 bridgehead atoms. The van der Waals surface area contributed by atoms with Crippen molar-refractivity contribution >= 4 is 40.1 Å². The van der Waals surface area contributed by atoms with Gasteiger partial charge >= 0.3 is 0 Å². The molecule has 0 amide bonds. The summed E-state index contributed by atoms with van der Waals surface area (Å²) in [6, 6.07) is 24.4. The number of aromatic nitrogens is 4. The van der Waals surface area contributed by atoms with E-state index in [4.69, 9.17) is 4.74 Å². The van der Waals surface area contributed by atoms with Crippen molar-refractivity contribution in [2.24, 2.45) is 0 Å². The highest BCUT2D eigenvalue weighted by atomic mass is 79.9. The summed E-state index contributed by atoms with van der Waals surface area (Å²) in [5.41, 5.74) is 4.48. The number of halogens is 2. The SMILES string of the molecule is Cc1ccc(COc2ccc(Br)cc2CNCCSc2nnnn2-c2ccccc2)cc1.Cl. The molecule has 0 saturated carbocycles. The average Bonchev–Trinajstić information content (AvgIpc) is 3.28. The summed E-state index contributed by atoms with van der Waals surface area (Å²) in [4.78, 5) is 0. The summed E-state index contributed by atoms with van der Waals surface area (Å²) in [7, 11) is 0. The Labute approximate surface area is 212 Å². The van der Waals surface area contributed by atoms with Crippen LogP contribution in [0.5, 0.6) is 5.75 Å². The van der Waals surface area contributed by atoms with Crippen molar-refractivity contribution in [1.29, 1.82) is 0 Å². The van der Waals surface area contributed by atoms with Crippen LogP contribution in [-0.4, -0.2) is 32.5 Å². The van der Waals surface area contributed by atoms with Gasteiger partial charge in [-0.3, -0.25) is 0 Å². The molecule has 33 heavy (non-hydrogen) atoms. The monoisotopic (exact) mass is 545 g/mol. The van der Waals surface area contributed by atoms with Crippen LogP contribution < -0.4 is 10.1 Å². The molecule has 0 aliphatic rings. The highest BCUT2D eigenvalue weighted by Crippen LogP contribution is 2.24. The van der Waals surface area contributed by atoms with Gasteiger partial charge in [-0.05, 0) is 53.2 Å². The van der Waals surface area contributed by atoms with E-state index >= 15 is 0 Å². The standard InChI is InChI=1S/C24H24BrN5OS.ClH/c1-18-7-9-19(10-8-18)17-31-23-12-11-21(25)15-20(23)16-26-13-14-32-24-27-28-29-30(24)22-5-3-2-4-6-22;/h2-12,15,26H,13-14,16-17H2,1H3;1H. The molecule has 4 rings (SSSR count). The summed E-state index contributed by atoms with van der Waals surface area (Å²) in [6.07, 6.45) is 0. The Morgan fingerprint density at radius 3 is 2.61 bits per heavy atom. The number of nitrogens with one attached hydrogen (secondary N) is 1. The highest BCUT2D eigenvalue weighted by molar-refractivity contribution is 9.10. The predicted octanol–water partition coefficient (Wildman–Crippen LogP) is 5.62. The second kappa shape index (κ2) is 12.7. The topological polar surface area (TPSA) is 64.9 Å². The van der Waals surface area contributed by atoms with Gasteiger partial charge in [0.05, 0.1) is 5.69 Å². The number of nitrogens with zero attached hydrogens (tertiary/aromatic N) is 4. The van der Waals surface area contributed by atoms with Crippen molar-refractivity contribution in [3.8, 4) is 11.4 Å². The quantitative estimate of drug-likeness (QED) is 0.206. The van der Waals surface area contributed by atoms with E-state index in [-0.39, 0.29) is 12.4 Å². The molecule has 1 heterocycles. The minimum Gasteiger partial charge on any atom is -0.489 e. The van der Waals surface area contributed by atoms with Crippen molar-refractivity contribution in [2.75, 3.05) is 12.3 Å². The van der Waals surface area contributed by atoms with E-state index in [9.17, 15) is 0 Å². The molecule has 0 spiro atoms. The summed E-state index contributed by atoms with van der Waals surface area (Å²) >= 11 is 5.19. The third-order valence-corrected chi connectivity index (χ3v) is 6.22. The lowest BCUT2D eigenvalue weighted by Gasteiger charge is -2.13. The predicted molar refractivity (Wildman–Crippen MR) is 138 cm³/mol. The van der Waals surface area contributed by atoms with Crippen molar-refractivity contribution < 1.29 is 4.74 Å². The molecular weight excluding hydrogens is 522 g/mol. The number of rotatable bonds is 10. The van der Waals surface area contributed by atoms with Gasteiger partial charge in [0.1, 0.15) is 12.4 Å². The normalized spacial score (nSPS) is 10.6. The van der Waals surface area contributed by atoms with E-state index < -0.39 is 0 Å². The average molecular weight is 547 g/mol. The van der Waals surface area contributed by atoms with Crippen LogP contribution in [-0.2, 0) is 13.2 Å². The zero-order valence-corrected chi connectivity index (χ0v) is 21.4. The van der Waals surface area contributed by atoms with Crippen molar-refractivity contribution in [1.82, 2.24) is 25.5 Å². The van der Waals surface area contributed by atoms with Crippen LogP contribution >= 0.6 is 40.1 Å². The van der Waals surface area contributed by atoms with Crippen LogP contribution in [0.1, 0.15) is 16.7 Å². The van der Waals surface area contributed by atoms with E-state index in [0.29, 0.717) is 13.2 Å². The lowest BCUT2D eigenvalue weighted by molar-refractivity contribution is 0.302. The smallest absolute Gasteiger partial charge is 0.214 e. The second-order valence-electron chi connectivity index (χ2n) is 7.26. The van der Waals surface area contributed by atoms with Gasteiger partial charge in [-0.2, -0.15) is 4.68 Å². The minimum absolute atomic E-state index is 0. The first-order valence-electron chi connectivity index (χ1n) is 10.3. The number of tetrazole rings is 1. The van der Waals surface area contributed by atoms with E-state index in [2.05, 4.69) is 74.0 Å². The van der Waals surface area contributed by atoms with Crippen LogP contribution in [0, 0.1) is 6.92 Å². The summed E-state index contributed by atoms with van der Waals surface area (Å²) in [6.45, 7) is 4.17. The number of aryl methyl sites for hydroxylation is 1. The van der Waals surface area contributed by atoms with Crippen LogP contribution in [0.25, 0.3) is 5.69 Å². The molecule has 6 nitrogen and oxygen atoms in total. The van der Waals surface area contributed by atoms with Gasteiger partial charge in [-0.25, -0.2) is 0 Å². The Balaban J connectivity index is 0.00000306. The Bertz CT molecular complexity index is 1140. The molecule has 0 atom stereocenters. The first kappa shape index (κ1) is 25.2. The van der Waals surface area contributed by atoms with Crippen LogP contribution in [0.3, 0.4) is 0 Å². The molecule has 9 heteroatoms. The van der Waals surface area contributed by atoms with E-state index in [0.717, 1.165) is 44.5 Å². The van der Waals surface area contributed by atoms with Gasteiger partial charge in [-0.1, -0.05) is 75.7 Å². The van der Waals surface area contributed by atoms with Gasteiger partial charge < -0.3 is 10.1 Å². The Morgan fingerprint density at radius 1 is 1.03 bits per heavy atom. The number of benzene rings is 3. The Hall–Kier alpha value is -2.39. The van der Waals surface area contributed by atoms with Gasteiger partial charge in [0, 0.05) is 28.9 Å². The zero-order chi connectivity index (χ0) is 22.2. The van der Waals surface area contributed by atoms with Crippen LogP contribution in [0.2, 0.25) is 0 Å². The summed E-state index contributed by atoms with van der Waals surface area (Å²) < 4.78 is 8.90. The molecule has 0 unspecified atom stereocenters. The molecule has 1 aromatic heterocycles. The molecular formula is C24H25BrClN5OS. The molecule has 0 saturated heterocycles. The molecule has 172 valence electrons. The fraction of sp³-hybridized carbons (Fsp3) is 0.208. The molecule has 1 N–H and O–H groups in total. The lowest BCUT2D eigenvalue weighted by atomic mass is 10.1. The molecule has 0 aliphatic heterocycles. The van der Waals surface area contributed by atoms with Crippen LogP contribution in [0.4, 0.5) is 0 Å². The Kier molecular flexibility index (Phi) is 9.75. The molecule has 0 aliphatic carbocycles. The largest absolute Gasteiger partial charge is 0.489 e. The zero-order valence-electron chi connectivity index (χ0n) is 18.1. The fourth-order valence-corrected chi connectivity index (χ4v) is 4.31. The maximum atomic E-state index is 6.10. The molecule has 0 radical (unpaired) electrons. The number of ether oxygens (including phenoxy) is 1. The molecule has 4 aromatic rings. The Morgan fingerprint density at radius 2 is 1.82 bits per heavy atom. The third kappa shape index (κ3) is 7.30. The summed E-state index contributed by atoms with van der Waals surface area (Å²) in [5, 5.41) is 16.3. The van der Waals surface area contributed by atoms with E-state index in [1.807, 2.05) is 42.5 Å². The summed E-state index contributed by atoms with van der Waals surface area (Å²) in [5.74, 6) is 1.74. The first-order chi connectivity index (χ1) is 15.7. The first-order valence-corrected chi connectivity index (χ1v) is 12.1. The molecule has 3 aromatic carbocycles. The van der Waals surface area contributed by atoms with Gasteiger partial charge in [0.25, 0.3) is 0 Å². The van der Waals surface area contributed by atoms with Gasteiger partial charge in [-0.15, -0.1) is 17.5 Å². The van der Waals surface area contributed by atoms with Crippen molar-refractivity contribution in [3.05, 3.63) is 94.0 Å². The molecule has 0 fully saturated rings. The van der Waals surface area contributed by atoms with Gasteiger partial charge in [0.15, 0.2) is 0 Å². The third-order valence-electron chi connectivity index (χ3n) is 4.80. The van der Waals surface area contributed by atoms with Crippen LogP contribution in [0.15, 0.2) is 82.4 Å². The number of para-hydroxylation sites is 1. The highest BCUT2D eigenvalue weighted by Gasteiger charge is 2.09. The van der Waals surface area contributed by atoms with Crippen molar-refractivity contribution in [2.45, 2.75) is 25.2 Å². The number of hydrogen-bond donors (Lipinski definition) is 1. The van der Waals surface area contributed by atoms with Crippen molar-refractivity contribution in [3.63, 3.8) is 0 Å². The fourth-order valence-electron chi connectivity index (χ4n) is 3.11.